The number of carbonyl (C=O) groups excluding carboxylic acids is 1. The maximum Gasteiger partial charge on any atom is 0.217 e. The molecule has 3 nitrogen and oxygen atoms in total. The Bertz CT molecular complexity index is 342. The van der Waals surface area contributed by atoms with E-state index < -0.39 is 0 Å². The van der Waals surface area contributed by atoms with Gasteiger partial charge in [0, 0.05) is 11.9 Å². The molecule has 0 heterocycles. The van der Waals surface area contributed by atoms with E-state index in [-0.39, 0.29) is 11.9 Å². The maximum atomic E-state index is 11.0. The van der Waals surface area contributed by atoms with Gasteiger partial charge in [0.05, 0.1) is 6.04 Å². The second-order valence-corrected chi connectivity index (χ2v) is 3.82. The number of benzene rings is 1. The summed E-state index contributed by atoms with van der Waals surface area (Å²) in [6.07, 6.45) is 0.708. The molecule has 0 aromatic heterocycles. The molecular formula is C13H21ClN2O. The van der Waals surface area contributed by atoms with Crippen LogP contribution < -0.4 is 11.1 Å². The molecule has 0 radical (unpaired) electrons. The van der Waals surface area contributed by atoms with Crippen molar-refractivity contribution in [3.05, 3.63) is 34.9 Å². The minimum atomic E-state index is -0.0616. The molecule has 96 valence electrons. The topological polar surface area (TPSA) is 55.1 Å². The van der Waals surface area contributed by atoms with Gasteiger partial charge in [-0.1, -0.05) is 37.6 Å². The molecule has 0 bridgehead atoms. The van der Waals surface area contributed by atoms with E-state index >= 15 is 0 Å². The van der Waals surface area contributed by atoms with Crippen LogP contribution >= 0.6 is 11.6 Å². The molecule has 4 heteroatoms. The van der Waals surface area contributed by atoms with Gasteiger partial charge in [0.2, 0.25) is 5.91 Å². The molecule has 1 aromatic rings. The number of rotatable bonds is 4. The summed E-state index contributed by atoms with van der Waals surface area (Å²) in [5.41, 5.74) is 6.49. The predicted molar refractivity (Wildman–Crippen MR) is 73.0 cm³/mol. The van der Waals surface area contributed by atoms with Crippen molar-refractivity contribution in [2.24, 2.45) is 5.73 Å². The third-order valence-corrected chi connectivity index (χ3v) is 2.32. The molecule has 1 atom stereocenters. The summed E-state index contributed by atoms with van der Waals surface area (Å²) in [5, 5.41) is 3.51. The van der Waals surface area contributed by atoms with E-state index in [1.54, 1.807) is 6.07 Å². The lowest BCUT2D eigenvalue weighted by Crippen LogP contribution is -2.27. The summed E-state index contributed by atoms with van der Waals surface area (Å²) in [6.45, 7) is 6.02. The Morgan fingerprint density at radius 1 is 1.47 bits per heavy atom. The molecule has 0 fully saturated rings. The molecule has 1 unspecified atom stereocenters. The first-order chi connectivity index (χ1) is 8.13. The van der Waals surface area contributed by atoms with Gasteiger partial charge in [-0.05, 0) is 30.7 Å². The number of amides is 1. The SMILES string of the molecule is CC.CC(=O)NC(CCN)c1cccc(Cl)c1. The van der Waals surface area contributed by atoms with Crippen LogP contribution in [0.15, 0.2) is 24.3 Å². The van der Waals surface area contributed by atoms with Gasteiger partial charge in [0.15, 0.2) is 0 Å². The van der Waals surface area contributed by atoms with Crippen LogP contribution in [0.25, 0.3) is 0 Å². The van der Waals surface area contributed by atoms with Gasteiger partial charge in [-0.2, -0.15) is 0 Å². The summed E-state index contributed by atoms with van der Waals surface area (Å²) < 4.78 is 0. The van der Waals surface area contributed by atoms with Crippen molar-refractivity contribution in [2.75, 3.05) is 6.54 Å². The number of nitrogens with two attached hydrogens (primary N) is 1. The standard InChI is InChI=1S/C11H15ClN2O.C2H6/c1-8(15)14-11(5-6-13)9-3-2-4-10(12)7-9;1-2/h2-4,7,11H,5-6,13H2,1H3,(H,14,15);1-2H3. The molecule has 17 heavy (non-hydrogen) atoms. The molecule has 0 aliphatic rings. The average molecular weight is 257 g/mol. The van der Waals surface area contributed by atoms with Crippen molar-refractivity contribution >= 4 is 17.5 Å². The van der Waals surface area contributed by atoms with Gasteiger partial charge in [-0.15, -0.1) is 0 Å². The summed E-state index contributed by atoms with van der Waals surface area (Å²) in [5.74, 6) is -0.0616. The predicted octanol–water partition coefficient (Wildman–Crippen LogP) is 2.89. The number of hydrogen-bond acceptors (Lipinski definition) is 2. The van der Waals surface area contributed by atoms with E-state index in [2.05, 4.69) is 5.32 Å². The minimum absolute atomic E-state index is 0.0498. The second kappa shape index (κ2) is 9.02. The first-order valence-electron chi connectivity index (χ1n) is 5.86. The smallest absolute Gasteiger partial charge is 0.217 e. The van der Waals surface area contributed by atoms with Crippen molar-refractivity contribution in [1.29, 1.82) is 0 Å². The Morgan fingerprint density at radius 2 is 2.12 bits per heavy atom. The van der Waals surface area contributed by atoms with Gasteiger partial charge in [0.25, 0.3) is 0 Å². The van der Waals surface area contributed by atoms with Crippen molar-refractivity contribution < 1.29 is 4.79 Å². The second-order valence-electron chi connectivity index (χ2n) is 3.39. The van der Waals surface area contributed by atoms with Crippen LogP contribution in [0.2, 0.25) is 5.02 Å². The molecule has 0 saturated carbocycles. The number of carbonyl (C=O) groups is 1. The quantitative estimate of drug-likeness (QED) is 0.870. The minimum Gasteiger partial charge on any atom is -0.349 e. The molecule has 3 N–H and O–H groups in total. The van der Waals surface area contributed by atoms with Crippen LogP contribution in [-0.4, -0.2) is 12.5 Å². The maximum absolute atomic E-state index is 11.0. The van der Waals surface area contributed by atoms with Crippen LogP contribution in [0.5, 0.6) is 0 Å². The third-order valence-electron chi connectivity index (χ3n) is 2.08. The van der Waals surface area contributed by atoms with E-state index in [1.165, 1.54) is 6.92 Å². The number of halogens is 1. The zero-order chi connectivity index (χ0) is 13.3. The van der Waals surface area contributed by atoms with E-state index in [9.17, 15) is 4.79 Å². The zero-order valence-corrected chi connectivity index (χ0v) is 11.4. The molecule has 1 rings (SSSR count). The fraction of sp³-hybridized carbons (Fsp3) is 0.462. The van der Waals surface area contributed by atoms with Gasteiger partial charge in [-0.3, -0.25) is 4.79 Å². The van der Waals surface area contributed by atoms with Crippen LogP contribution in [-0.2, 0) is 4.79 Å². The summed E-state index contributed by atoms with van der Waals surface area (Å²) in [7, 11) is 0. The normalized spacial score (nSPS) is 11.1. The molecule has 0 spiro atoms. The summed E-state index contributed by atoms with van der Waals surface area (Å²) in [4.78, 5) is 11.0. The first-order valence-corrected chi connectivity index (χ1v) is 6.24. The Labute approximate surface area is 108 Å². The third kappa shape index (κ3) is 6.29. The molecule has 1 aromatic carbocycles. The van der Waals surface area contributed by atoms with Crippen molar-refractivity contribution in [1.82, 2.24) is 5.32 Å². The Hall–Kier alpha value is -1.06. The highest BCUT2D eigenvalue weighted by molar-refractivity contribution is 6.30. The van der Waals surface area contributed by atoms with Crippen LogP contribution in [0.4, 0.5) is 0 Å². The average Bonchev–Trinajstić information content (AvgIpc) is 2.30. The fourth-order valence-corrected chi connectivity index (χ4v) is 1.66. The molecule has 0 aliphatic heterocycles. The highest BCUT2D eigenvalue weighted by atomic mass is 35.5. The molecular weight excluding hydrogens is 236 g/mol. The Balaban J connectivity index is 0.00000121. The lowest BCUT2D eigenvalue weighted by atomic mass is 10.0. The van der Waals surface area contributed by atoms with E-state index in [1.807, 2.05) is 32.0 Å². The molecule has 0 aliphatic carbocycles. The highest BCUT2D eigenvalue weighted by Crippen LogP contribution is 2.19. The van der Waals surface area contributed by atoms with Crippen molar-refractivity contribution in [3.8, 4) is 0 Å². The monoisotopic (exact) mass is 256 g/mol. The largest absolute Gasteiger partial charge is 0.349 e. The van der Waals surface area contributed by atoms with Crippen LogP contribution in [0.3, 0.4) is 0 Å². The summed E-state index contributed by atoms with van der Waals surface area (Å²) in [6, 6.07) is 7.40. The van der Waals surface area contributed by atoms with E-state index in [0.717, 1.165) is 5.56 Å². The van der Waals surface area contributed by atoms with Crippen LogP contribution in [0.1, 0.15) is 38.8 Å². The Kier molecular flexibility index (Phi) is 8.46. The van der Waals surface area contributed by atoms with Gasteiger partial charge in [0.1, 0.15) is 0 Å². The van der Waals surface area contributed by atoms with Crippen molar-refractivity contribution in [2.45, 2.75) is 33.2 Å². The van der Waals surface area contributed by atoms with Gasteiger partial charge < -0.3 is 11.1 Å². The highest BCUT2D eigenvalue weighted by Gasteiger charge is 2.11. The van der Waals surface area contributed by atoms with E-state index in [4.69, 9.17) is 17.3 Å². The van der Waals surface area contributed by atoms with Crippen LogP contribution in [0, 0.1) is 0 Å². The first kappa shape index (κ1) is 15.9. The van der Waals surface area contributed by atoms with E-state index in [0.29, 0.717) is 18.0 Å². The van der Waals surface area contributed by atoms with Gasteiger partial charge >= 0.3 is 0 Å². The lowest BCUT2D eigenvalue weighted by molar-refractivity contribution is -0.119. The van der Waals surface area contributed by atoms with Crippen molar-refractivity contribution in [3.63, 3.8) is 0 Å². The lowest BCUT2D eigenvalue weighted by Gasteiger charge is -2.17. The zero-order valence-electron chi connectivity index (χ0n) is 10.7. The number of hydrogen-bond donors (Lipinski definition) is 2. The fourth-order valence-electron chi connectivity index (χ4n) is 1.46. The number of nitrogens with one attached hydrogen (secondary N) is 1. The van der Waals surface area contributed by atoms with Gasteiger partial charge in [-0.25, -0.2) is 0 Å². The summed E-state index contributed by atoms with van der Waals surface area (Å²) >= 11 is 5.88. The Morgan fingerprint density at radius 3 is 2.59 bits per heavy atom. The molecule has 0 saturated heterocycles. The molecule has 1 amide bonds.